The summed E-state index contributed by atoms with van der Waals surface area (Å²) in [6.07, 6.45) is 0.563. The molecular weight excluding hydrogens is 223 g/mol. The summed E-state index contributed by atoms with van der Waals surface area (Å²) in [5, 5.41) is 9.97. The van der Waals surface area contributed by atoms with Gasteiger partial charge in [0.05, 0.1) is 5.60 Å². The van der Waals surface area contributed by atoms with Crippen LogP contribution in [-0.4, -0.2) is 11.1 Å². The van der Waals surface area contributed by atoms with Gasteiger partial charge in [0, 0.05) is 0 Å². The number of rotatable bonds is 4. The number of carbonyl (C=O) groups is 1. The van der Waals surface area contributed by atoms with Crippen molar-refractivity contribution in [3.63, 3.8) is 0 Å². The van der Waals surface area contributed by atoms with Crippen molar-refractivity contribution in [1.82, 2.24) is 0 Å². The van der Waals surface area contributed by atoms with Crippen molar-refractivity contribution in [1.29, 1.82) is 0 Å². The number of hydrogen-bond acceptors (Lipinski definition) is 3. The van der Waals surface area contributed by atoms with Gasteiger partial charge in [-0.15, -0.1) is 0 Å². The summed E-state index contributed by atoms with van der Waals surface area (Å²) in [4.78, 5) is 10.9. The smallest absolute Gasteiger partial charge is 0.371 e. The Labute approximate surface area is 99.5 Å². The first-order chi connectivity index (χ1) is 7.86. The van der Waals surface area contributed by atoms with Crippen LogP contribution < -0.4 is 4.74 Å². The molecule has 1 rings (SSSR count). The highest BCUT2D eigenvalue weighted by Crippen LogP contribution is 2.26. The van der Waals surface area contributed by atoms with Gasteiger partial charge in [-0.2, -0.15) is 4.39 Å². The van der Waals surface area contributed by atoms with Crippen molar-refractivity contribution in [2.45, 2.75) is 25.9 Å². The minimum Gasteiger partial charge on any atom is -0.421 e. The van der Waals surface area contributed by atoms with E-state index in [9.17, 15) is 14.3 Å². The number of ether oxygens (including phenoxy) is 1. The first kappa shape index (κ1) is 13.4. The monoisotopic (exact) mass is 238 g/mol. The van der Waals surface area contributed by atoms with Gasteiger partial charge in [-0.1, -0.05) is 25.6 Å². The minimum absolute atomic E-state index is 0.212. The molecule has 92 valence electrons. The zero-order valence-electron chi connectivity index (χ0n) is 9.87. The van der Waals surface area contributed by atoms with Gasteiger partial charge in [-0.05, 0) is 31.0 Å². The quantitative estimate of drug-likeness (QED) is 0.498. The van der Waals surface area contributed by atoms with Crippen LogP contribution in [0.3, 0.4) is 0 Å². The highest BCUT2D eigenvalue weighted by atomic mass is 19.1. The highest BCUT2D eigenvalue weighted by Gasteiger charge is 2.20. The lowest BCUT2D eigenvalue weighted by molar-refractivity contribution is -0.131. The van der Waals surface area contributed by atoms with E-state index in [1.165, 1.54) is 12.1 Å². The second kappa shape index (κ2) is 5.10. The third kappa shape index (κ3) is 3.39. The predicted octanol–water partition coefficient (Wildman–Crippen LogP) is 2.69. The fourth-order valence-electron chi connectivity index (χ4n) is 1.25. The molecule has 0 saturated heterocycles. The van der Waals surface area contributed by atoms with E-state index in [0.29, 0.717) is 12.0 Å². The molecule has 0 spiro atoms. The molecule has 0 aliphatic heterocycles. The van der Waals surface area contributed by atoms with Crippen LogP contribution in [0.5, 0.6) is 5.75 Å². The SMILES string of the molecule is C=C(F)C(=O)Oc1ccc(C(C)(O)CC)cc1. The zero-order chi connectivity index (χ0) is 13.1. The molecule has 0 saturated carbocycles. The van der Waals surface area contributed by atoms with Gasteiger partial charge in [0.1, 0.15) is 5.75 Å². The van der Waals surface area contributed by atoms with Crippen molar-refractivity contribution in [3.05, 3.63) is 42.2 Å². The Morgan fingerprint density at radius 2 is 2.00 bits per heavy atom. The number of hydrogen-bond donors (Lipinski definition) is 1. The Morgan fingerprint density at radius 1 is 1.47 bits per heavy atom. The van der Waals surface area contributed by atoms with Crippen molar-refractivity contribution in [2.75, 3.05) is 0 Å². The molecule has 0 radical (unpaired) electrons. The van der Waals surface area contributed by atoms with Gasteiger partial charge in [0.2, 0.25) is 5.83 Å². The Kier molecular flexibility index (Phi) is 4.02. The van der Waals surface area contributed by atoms with Crippen molar-refractivity contribution >= 4 is 5.97 Å². The first-order valence-corrected chi connectivity index (χ1v) is 5.26. The van der Waals surface area contributed by atoms with Gasteiger partial charge >= 0.3 is 5.97 Å². The lowest BCUT2D eigenvalue weighted by Gasteiger charge is -2.21. The van der Waals surface area contributed by atoms with Crippen LogP contribution in [0.1, 0.15) is 25.8 Å². The fraction of sp³-hybridized carbons (Fsp3) is 0.308. The van der Waals surface area contributed by atoms with Gasteiger partial charge in [0.25, 0.3) is 0 Å². The molecule has 1 aromatic carbocycles. The summed E-state index contributed by atoms with van der Waals surface area (Å²) in [5.41, 5.74) is -0.217. The summed E-state index contributed by atoms with van der Waals surface area (Å²) < 4.78 is 17.1. The summed E-state index contributed by atoms with van der Waals surface area (Å²) in [6, 6.07) is 6.26. The van der Waals surface area contributed by atoms with Crippen LogP contribution >= 0.6 is 0 Å². The molecule has 0 fully saturated rings. The van der Waals surface area contributed by atoms with Crippen LogP contribution in [0.2, 0.25) is 0 Å². The van der Waals surface area contributed by atoms with Crippen LogP contribution in [0, 0.1) is 0 Å². The molecule has 0 amide bonds. The number of benzene rings is 1. The molecule has 0 aliphatic rings. The maximum absolute atomic E-state index is 12.4. The molecule has 1 N–H and O–H groups in total. The minimum atomic E-state index is -1.14. The molecule has 4 heteroatoms. The predicted molar refractivity (Wildman–Crippen MR) is 62.2 cm³/mol. The standard InChI is InChI=1S/C13H15FO3/c1-4-13(3,16)10-5-7-11(8-6-10)17-12(15)9(2)14/h5-8,16H,2,4H2,1,3H3. The molecule has 0 heterocycles. The number of aliphatic hydroxyl groups is 1. The van der Waals surface area contributed by atoms with Crippen molar-refractivity contribution < 1.29 is 19.0 Å². The molecule has 3 nitrogen and oxygen atoms in total. The van der Waals surface area contributed by atoms with E-state index in [2.05, 4.69) is 11.3 Å². The van der Waals surface area contributed by atoms with E-state index in [0.717, 1.165) is 0 Å². The second-order valence-electron chi connectivity index (χ2n) is 3.95. The van der Waals surface area contributed by atoms with Gasteiger partial charge < -0.3 is 9.84 Å². The number of halogens is 1. The van der Waals surface area contributed by atoms with E-state index in [4.69, 9.17) is 0 Å². The summed E-state index contributed by atoms with van der Waals surface area (Å²) in [6.45, 7) is 6.39. The Balaban J connectivity index is 2.82. The molecule has 0 aliphatic carbocycles. The summed E-state index contributed by atoms with van der Waals surface area (Å²) >= 11 is 0. The van der Waals surface area contributed by atoms with Gasteiger partial charge in [-0.3, -0.25) is 0 Å². The fourth-order valence-corrected chi connectivity index (χ4v) is 1.25. The maximum Gasteiger partial charge on any atom is 0.371 e. The number of carbonyl (C=O) groups excluding carboxylic acids is 1. The first-order valence-electron chi connectivity index (χ1n) is 5.26. The van der Waals surface area contributed by atoms with E-state index in [-0.39, 0.29) is 5.75 Å². The van der Waals surface area contributed by atoms with E-state index >= 15 is 0 Å². The van der Waals surface area contributed by atoms with Crippen molar-refractivity contribution in [3.8, 4) is 5.75 Å². The molecule has 0 aromatic heterocycles. The molecule has 1 unspecified atom stereocenters. The van der Waals surface area contributed by atoms with Crippen LogP contribution in [0.15, 0.2) is 36.7 Å². The Bertz CT molecular complexity index is 421. The molecular formula is C13H15FO3. The van der Waals surface area contributed by atoms with E-state index < -0.39 is 17.4 Å². The third-order valence-electron chi connectivity index (χ3n) is 2.60. The largest absolute Gasteiger partial charge is 0.421 e. The number of esters is 1. The summed E-state index contributed by atoms with van der Waals surface area (Å²) in [5.74, 6) is -2.04. The summed E-state index contributed by atoms with van der Waals surface area (Å²) in [7, 11) is 0. The van der Waals surface area contributed by atoms with Gasteiger partial charge in [-0.25, -0.2) is 4.79 Å². The zero-order valence-corrected chi connectivity index (χ0v) is 9.87. The lowest BCUT2D eigenvalue weighted by atomic mass is 9.93. The van der Waals surface area contributed by atoms with Crippen LogP contribution in [0.25, 0.3) is 0 Å². The molecule has 1 atom stereocenters. The normalized spacial score (nSPS) is 13.9. The van der Waals surface area contributed by atoms with Crippen LogP contribution in [0.4, 0.5) is 4.39 Å². The van der Waals surface area contributed by atoms with Crippen molar-refractivity contribution in [2.24, 2.45) is 0 Å². The average Bonchev–Trinajstić information content (AvgIpc) is 2.29. The molecule has 17 heavy (non-hydrogen) atoms. The van der Waals surface area contributed by atoms with E-state index in [1.807, 2.05) is 6.92 Å². The van der Waals surface area contributed by atoms with E-state index in [1.54, 1.807) is 19.1 Å². The topological polar surface area (TPSA) is 46.5 Å². The van der Waals surface area contributed by atoms with Crippen LogP contribution in [-0.2, 0) is 10.4 Å². The highest BCUT2D eigenvalue weighted by molar-refractivity contribution is 5.87. The second-order valence-corrected chi connectivity index (χ2v) is 3.95. The lowest BCUT2D eigenvalue weighted by Crippen LogP contribution is -2.19. The molecule has 1 aromatic rings. The third-order valence-corrected chi connectivity index (χ3v) is 2.60. The average molecular weight is 238 g/mol. The van der Waals surface area contributed by atoms with Gasteiger partial charge in [0.15, 0.2) is 0 Å². The maximum atomic E-state index is 12.4. The Hall–Kier alpha value is -1.68. The molecule has 0 bridgehead atoms. The Morgan fingerprint density at radius 3 is 2.41 bits per heavy atom.